The lowest BCUT2D eigenvalue weighted by Crippen LogP contribution is -2.25. The van der Waals surface area contributed by atoms with Crippen LogP contribution in [0.2, 0.25) is 0 Å². The number of aliphatic hydroxyl groups is 1. The van der Waals surface area contributed by atoms with E-state index in [2.05, 4.69) is 37.5 Å². The molecule has 0 fully saturated rings. The van der Waals surface area contributed by atoms with Gasteiger partial charge < -0.3 is 5.11 Å². The van der Waals surface area contributed by atoms with Crippen LogP contribution in [0, 0.1) is 5.41 Å². The summed E-state index contributed by atoms with van der Waals surface area (Å²) >= 11 is 0. The van der Waals surface area contributed by atoms with Crippen molar-refractivity contribution >= 4 is 5.71 Å². The number of rotatable bonds is 2. The highest BCUT2D eigenvalue weighted by Gasteiger charge is 2.43. The largest absolute Gasteiger partial charge is 0.390 e. The lowest BCUT2D eigenvalue weighted by Gasteiger charge is -2.17. The molecule has 0 unspecified atom stereocenters. The molecule has 15 heavy (non-hydrogen) atoms. The third-order valence-corrected chi connectivity index (χ3v) is 3.78. The van der Waals surface area contributed by atoms with E-state index in [0.29, 0.717) is 0 Å². The molecule has 1 aliphatic heterocycles. The fraction of sp³-hybridized carbons (Fsp3) is 0.615. The van der Waals surface area contributed by atoms with Gasteiger partial charge in [-0.15, -0.1) is 0 Å². The molecular weight excluding hydrogens is 186 g/mol. The summed E-state index contributed by atoms with van der Waals surface area (Å²) in [6.45, 7) is 7.69. The van der Waals surface area contributed by atoms with Crippen molar-refractivity contribution in [2.24, 2.45) is 5.41 Å². The highest BCUT2D eigenvalue weighted by atomic mass is 16.3. The number of allylic oxidation sites excluding steroid dienone is 4. The summed E-state index contributed by atoms with van der Waals surface area (Å²) < 4.78 is 2.30. The summed E-state index contributed by atoms with van der Waals surface area (Å²) in [7, 11) is 0. The van der Waals surface area contributed by atoms with Crippen LogP contribution in [0.15, 0.2) is 23.4 Å². The van der Waals surface area contributed by atoms with Crippen LogP contribution < -0.4 is 0 Å². The maximum absolute atomic E-state index is 9.11. The summed E-state index contributed by atoms with van der Waals surface area (Å²) in [5.41, 5.74) is 4.38. The molecule has 2 aliphatic rings. The van der Waals surface area contributed by atoms with Crippen molar-refractivity contribution in [3.63, 3.8) is 0 Å². The minimum atomic E-state index is 0.140. The van der Waals surface area contributed by atoms with Gasteiger partial charge in [-0.3, -0.25) is 0 Å². The molecule has 0 saturated carbocycles. The average Bonchev–Trinajstić information content (AvgIpc) is 2.42. The van der Waals surface area contributed by atoms with Crippen LogP contribution in [-0.4, -0.2) is 28.5 Å². The molecule has 0 spiro atoms. The van der Waals surface area contributed by atoms with Crippen LogP contribution in [0.3, 0.4) is 0 Å². The standard InChI is InChI=1S/C13H20NO/c1-10-13(2,3)11-6-4-5-7-12(11)14(10)8-9-15/h4,6,15H,5,7-9H2,1-3H3/q+1. The smallest absolute Gasteiger partial charge is 0.185 e. The highest BCUT2D eigenvalue weighted by Crippen LogP contribution is 2.40. The number of aliphatic hydroxyl groups excluding tert-OH is 1. The average molecular weight is 206 g/mol. The lowest BCUT2D eigenvalue weighted by atomic mass is 9.79. The van der Waals surface area contributed by atoms with E-state index in [-0.39, 0.29) is 12.0 Å². The molecule has 1 heterocycles. The molecule has 0 radical (unpaired) electrons. The predicted molar refractivity (Wildman–Crippen MR) is 62.1 cm³/mol. The minimum absolute atomic E-state index is 0.140. The third-order valence-electron chi connectivity index (χ3n) is 3.78. The number of hydrogen-bond donors (Lipinski definition) is 1. The highest BCUT2D eigenvalue weighted by molar-refractivity contribution is 5.89. The molecular formula is C13H20NO+. The van der Waals surface area contributed by atoms with Crippen molar-refractivity contribution in [2.45, 2.75) is 33.6 Å². The van der Waals surface area contributed by atoms with Gasteiger partial charge in [-0.2, -0.15) is 0 Å². The van der Waals surface area contributed by atoms with E-state index in [4.69, 9.17) is 5.11 Å². The van der Waals surface area contributed by atoms with E-state index >= 15 is 0 Å². The maximum atomic E-state index is 9.11. The van der Waals surface area contributed by atoms with E-state index in [1.807, 2.05) is 0 Å². The fourth-order valence-corrected chi connectivity index (χ4v) is 2.64. The Hall–Kier alpha value is -0.890. The molecule has 0 aromatic carbocycles. The van der Waals surface area contributed by atoms with Gasteiger partial charge >= 0.3 is 0 Å². The molecule has 2 nitrogen and oxygen atoms in total. The van der Waals surface area contributed by atoms with Gasteiger partial charge in [0.2, 0.25) is 0 Å². The number of nitrogens with zero attached hydrogens (tertiary/aromatic N) is 1. The molecule has 0 atom stereocenters. The van der Waals surface area contributed by atoms with Crippen molar-refractivity contribution in [1.82, 2.24) is 0 Å². The monoisotopic (exact) mass is 206 g/mol. The third kappa shape index (κ3) is 1.48. The lowest BCUT2D eigenvalue weighted by molar-refractivity contribution is -0.481. The summed E-state index contributed by atoms with van der Waals surface area (Å²) in [5.74, 6) is 0. The predicted octanol–water partition coefficient (Wildman–Crippen LogP) is 2.10. The van der Waals surface area contributed by atoms with Gasteiger partial charge in [0.05, 0.1) is 5.41 Å². The van der Waals surface area contributed by atoms with Gasteiger partial charge in [-0.05, 0) is 20.3 Å². The quantitative estimate of drug-likeness (QED) is 0.687. The van der Waals surface area contributed by atoms with Crippen LogP contribution in [0.1, 0.15) is 33.6 Å². The van der Waals surface area contributed by atoms with Crippen LogP contribution in [-0.2, 0) is 0 Å². The van der Waals surface area contributed by atoms with Crippen molar-refractivity contribution < 1.29 is 9.68 Å². The molecule has 0 saturated heterocycles. The first-order chi connectivity index (χ1) is 7.09. The van der Waals surface area contributed by atoms with Gasteiger partial charge in [0.25, 0.3) is 0 Å². The summed E-state index contributed by atoms with van der Waals surface area (Å²) in [5, 5.41) is 9.11. The molecule has 1 N–H and O–H groups in total. The van der Waals surface area contributed by atoms with Crippen LogP contribution in [0.25, 0.3) is 0 Å². The topological polar surface area (TPSA) is 23.2 Å². The van der Waals surface area contributed by atoms with Crippen LogP contribution in [0.4, 0.5) is 0 Å². The Balaban J connectivity index is 2.48. The maximum Gasteiger partial charge on any atom is 0.185 e. The molecule has 0 bridgehead atoms. The van der Waals surface area contributed by atoms with E-state index < -0.39 is 0 Å². The van der Waals surface area contributed by atoms with E-state index in [1.165, 1.54) is 17.0 Å². The van der Waals surface area contributed by atoms with Crippen LogP contribution >= 0.6 is 0 Å². The van der Waals surface area contributed by atoms with Crippen molar-refractivity contribution in [2.75, 3.05) is 13.2 Å². The van der Waals surface area contributed by atoms with Crippen molar-refractivity contribution in [1.29, 1.82) is 0 Å². The molecule has 2 rings (SSSR count). The Morgan fingerprint density at radius 3 is 2.87 bits per heavy atom. The molecule has 1 aliphatic carbocycles. The second-order valence-electron chi connectivity index (χ2n) is 4.89. The number of β-amino-alcohol motifs (C(OH)–C–C–N with tert-alkyl or cyclic N) is 1. The van der Waals surface area contributed by atoms with Crippen LogP contribution in [0.5, 0.6) is 0 Å². The minimum Gasteiger partial charge on any atom is -0.390 e. The van der Waals surface area contributed by atoms with E-state index in [9.17, 15) is 0 Å². The first-order valence-corrected chi connectivity index (χ1v) is 5.71. The zero-order valence-corrected chi connectivity index (χ0v) is 9.88. The van der Waals surface area contributed by atoms with Crippen molar-refractivity contribution in [3.05, 3.63) is 23.4 Å². The molecule has 0 aromatic heterocycles. The second-order valence-corrected chi connectivity index (χ2v) is 4.89. The Bertz CT molecular complexity index is 372. The van der Waals surface area contributed by atoms with Gasteiger partial charge in [-0.1, -0.05) is 12.2 Å². The molecule has 2 heteroatoms. The normalized spacial score (nSPS) is 23.7. The molecule has 0 aromatic rings. The van der Waals surface area contributed by atoms with Gasteiger partial charge in [0.15, 0.2) is 18.0 Å². The van der Waals surface area contributed by atoms with Gasteiger partial charge in [0, 0.05) is 18.9 Å². The molecule has 0 amide bonds. The summed E-state index contributed by atoms with van der Waals surface area (Å²) in [6.07, 6.45) is 6.77. The van der Waals surface area contributed by atoms with Gasteiger partial charge in [-0.25, -0.2) is 4.58 Å². The Kier molecular flexibility index (Phi) is 2.55. The zero-order chi connectivity index (χ0) is 11.1. The Morgan fingerprint density at radius 1 is 1.47 bits per heavy atom. The summed E-state index contributed by atoms with van der Waals surface area (Å²) in [4.78, 5) is 0. The van der Waals surface area contributed by atoms with Crippen molar-refractivity contribution in [3.8, 4) is 0 Å². The molecule has 82 valence electrons. The zero-order valence-electron chi connectivity index (χ0n) is 9.88. The number of hydrogen-bond acceptors (Lipinski definition) is 1. The Morgan fingerprint density at radius 2 is 2.20 bits per heavy atom. The fourth-order valence-electron chi connectivity index (χ4n) is 2.64. The van der Waals surface area contributed by atoms with E-state index in [1.54, 1.807) is 0 Å². The summed E-state index contributed by atoms with van der Waals surface area (Å²) in [6, 6.07) is 0. The van der Waals surface area contributed by atoms with Gasteiger partial charge in [0.1, 0.15) is 6.61 Å². The second kappa shape index (κ2) is 3.60. The first kappa shape index (κ1) is 10.6. The van der Waals surface area contributed by atoms with E-state index in [0.717, 1.165) is 19.4 Å². The SMILES string of the molecule is CC1=[N+](CCO)C2=C(C=CCC2)C1(C)C. The Labute approximate surface area is 91.6 Å². The first-order valence-electron chi connectivity index (χ1n) is 5.71.